The zero-order valence-electron chi connectivity index (χ0n) is 13.9. The van der Waals surface area contributed by atoms with E-state index in [1.807, 2.05) is 6.92 Å². The summed E-state index contributed by atoms with van der Waals surface area (Å²) in [5, 5.41) is 20.5. The van der Waals surface area contributed by atoms with Crippen molar-refractivity contribution in [3.8, 4) is 0 Å². The second-order valence-electron chi connectivity index (χ2n) is 7.41. The molecule has 5 nitrogen and oxygen atoms in total. The molecule has 0 saturated carbocycles. The molecule has 2 fully saturated rings. The van der Waals surface area contributed by atoms with E-state index >= 15 is 0 Å². The molecule has 0 radical (unpaired) electrons. The lowest BCUT2D eigenvalue weighted by Crippen LogP contribution is -2.61. The molecule has 132 valence electrons. The third kappa shape index (κ3) is 3.06. The lowest BCUT2D eigenvalue weighted by atomic mass is 9.72. The molecule has 2 atom stereocenters. The van der Waals surface area contributed by atoms with Crippen LogP contribution in [0.4, 0.5) is 4.39 Å². The molecule has 2 aliphatic heterocycles. The normalized spacial score (nSPS) is 29.2. The van der Waals surface area contributed by atoms with Gasteiger partial charge in [0.2, 0.25) is 5.91 Å². The summed E-state index contributed by atoms with van der Waals surface area (Å²) in [4.78, 5) is 14.5. The highest BCUT2D eigenvalue weighted by atomic mass is 19.1. The van der Waals surface area contributed by atoms with E-state index in [9.17, 15) is 19.4 Å². The molecule has 1 aromatic rings. The highest BCUT2D eigenvalue weighted by Crippen LogP contribution is 2.37. The maximum Gasteiger partial charge on any atom is 0.233 e. The van der Waals surface area contributed by atoms with Crippen molar-refractivity contribution in [2.24, 2.45) is 10.8 Å². The molecular weight excluding hydrogens is 313 g/mol. The van der Waals surface area contributed by atoms with Crippen molar-refractivity contribution in [2.75, 3.05) is 32.9 Å². The monoisotopic (exact) mass is 337 g/mol. The molecule has 2 heterocycles. The van der Waals surface area contributed by atoms with E-state index in [4.69, 9.17) is 4.74 Å². The quantitative estimate of drug-likeness (QED) is 0.859. The smallest absolute Gasteiger partial charge is 0.233 e. The molecule has 0 aromatic heterocycles. The number of ether oxygens (including phenoxy) is 1. The van der Waals surface area contributed by atoms with E-state index in [1.54, 1.807) is 17.0 Å². The molecule has 0 bridgehead atoms. The number of carbonyl (C=O) groups is 1. The van der Waals surface area contributed by atoms with Crippen molar-refractivity contribution in [3.05, 3.63) is 35.6 Å². The fraction of sp³-hybridized carbons (Fsp3) is 0.611. The highest BCUT2D eigenvalue weighted by Gasteiger charge is 2.49. The zero-order valence-corrected chi connectivity index (χ0v) is 13.9. The second kappa shape index (κ2) is 6.43. The number of carbonyl (C=O) groups excluding carboxylic acids is 1. The minimum absolute atomic E-state index is 0.0116. The topological polar surface area (TPSA) is 70.0 Å². The van der Waals surface area contributed by atoms with Crippen LogP contribution in [0.2, 0.25) is 0 Å². The van der Waals surface area contributed by atoms with Gasteiger partial charge < -0.3 is 19.8 Å². The Morgan fingerprint density at radius 3 is 2.58 bits per heavy atom. The number of rotatable bonds is 4. The van der Waals surface area contributed by atoms with Crippen molar-refractivity contribution in [2.45, 2.75) is 25.9 Å². The maximum atomic E-state index is 13.1. The summed E-state index contributed by atoms with van der Waals surface area (Å²) >= 11 is 0. The van der Waals surface area contributed by atoms with E-state index < -0.39 is 16.9 Å². The minimum atomic E-state index is -0.827. The summed E-state index contributed by atoms with van der Waals surface area (Å²) in [6.07, 6.45) is 0.105. The van der Waals surface area contributed by atoms with E-state index in [1.165, 1.54) is 12.1 Å². The van der Waals surface area contributed by atoms with Crippen LogP contribution in [-0.4, -0.2) is 60.0 Å². The number of piperidine rings is 1. The Labute approximate surface area is 141 Å². The number of hydrogen-bond acceptors (Lipinski definition) is 4. The number of benzene rings is 1. The van der Waals surface area contributed by atoms with Gasteiger partial charge in [0.25, 0.3) is 0 Å². The predicted octanol–water partition coefficient (Wildman–Crippen LogP) is 0.977. The van der Waals surface area contributed by atoms with Gasteiger partial charge in [0, 0.05) is 18.5 Å². The molecule has 0 spiro atoms. The Morgan fingerprint density at radius 1 is 1.38 bits per heavy atom. The molecule has 1 aromatic carbocycles. The Kier molecular flexibility index (Phi) is 4.64. The summed E-state index contributed by atoms with van der Waals surface area (Å²) < 4.78 is 18.3. The van der Waals surface area contributed by atoms with Gasteiger partial charge >= 0.3 is 0 Å². The molecule has 24 heavy (non-hydrogen) atoms. The second-order valence-corrected chi connectivity index (χ2v) is 7.41. The first kappa shape index (κ1) is 17.3. The average molecular weight is 337 g/mol. The summed E-state index contributed by atoms with van der Waals surface area (Å²) in [6.45, 7) is 3.23. The van der Waals surface area contributed by atoms with Crippen molar-refractivity contribution in [3.63, 3.8) is 0 Å². The van der Waals surface area contributed by atoms with E-state index in [0.717, 1.165) is 5.56 Å². The van der Waals surface area contributed by atoms with Gasteiger partial charge in [-0.05, 0) is 37.5 Å². The molecule has 6 heteroatoms. The van der Waals surface area contributed by atoms with E-state index in [0.29, 0.717) is 32.6 Å². The number of halogens is 1. The number of hydrogen-bond donors (Lipinski definition) is 2. The van der Waals surface area contributed by atoms with Crippen LogP contribution in [0.1, 0.15) is 18.9 Å². The van der Waals surface area contributed by atoms with Crippen LogP contribution in [0, 0.1) is 16.6 Å². The number of aliphatic hydroxyl groups is 2. The molecule has 2 saturated heterocycles. The first-order valence-corrected chi connectivity index (χ1v) is 8.29. The van der Waals surface area contributed by atoms with Crippen LogP contribution in [-0.2, 0) is 16.0 Å². The lowest BCUT2D eigenvalue weighted by Gasteiger charge is -2.49. The Hall–Kier alpha value is -1.50. The molecule has 0 aliphatic carbocycles. The van der Waals surface area contributed by atoms with Crippen molar-refractivity contribution < 1.29 is 24.1 Å². The Morgan fingerprint density at radius 2 is 2.04 bits per heavy atom. The van der Waals surface area contributed by atoms with Gasteiger partial charge in [-0.3, -0.25) is 4.79 Å². The summed E-state index contributed by atoms with van der Waals surface area (Å²) in [5.41, 5.74) is -0.497. The van der Waals surface area contributed by atoms with Crippen molar-refractivity contribution >= 4 is 5.91 Å². The van der Waals surface area contributed by atoms with E-state index in [-0.39, 0.29) is 24.9 Å². The number of likely N-dealkylation sites (tertiary alicyclic amines) is 1. The van der Waals surface area contributed by atoms with Crippen LogP contribution in [0.15, 0.2) is 24.3 Å². The largest absolute Gasteiger partial charge is 0.396 e. The summed E-state index contributed by atoms with van der Waals surface area (Å²) in [6, 6.07) is 6.04. The van der Waals surface area contributed by atoms with Gasteiger partial charge in [-0.25, -0.2) is 4.39 Å². The average Bonchev–Trinajstić information content (AvgIpc) is 2.56. The van der Waals surface area contributed by atoms with Crippen LogP contribution in [0.3, 0.4) is 0 Å². The first-order chi connectivity index (χ1) is 11.4. The van der Waals surface area contributed by atoms with Crippen LogP contribution in [0.25, 0.3) is 0 Å². The SMILES string of the molecule is CC1(C(=O)N2CC[C@H](O)[C@@](CO)(Cc3ccc(F)cc3)C2)COC1. The summed E-state index contributed by atoms with van der Waals surface area (Å²) in [5.74, 6) is -0.312. The van der Waals surface area contributed by atoms with Crippen LogP contribution in [0.5, 0.6) is 0 Å². The van der Waals surface area contributed by atoms with Crippen LogP contribution < -0.4 is 0 Å². The number of amides is 1. The minimum Gasteiger partial charge on any atom is -0.396 e. The molecule has 2 N–H and O–H groups in total. The van der Waals surface area contributed by atoms with Gasteiger partial charge in [0.15, 0.2) is 0 Å². The number of nitrogens with zero attached hydrogens (tertiary/aromatic N) is 1. The predicted molar refractivity (Wildman–Crippen MR) is 85.8 cm³/mol. The van der Waals surface area contributed by atoms with Crippen molar-refractivity contribution in [1.29, 1.82) is 0 Å². The van der Waals surface area contributed by atoms with Gasteiger partial charge in [0.1, 0.15) is 5.82 Å². The summed E-state index contributed by atoms with van der Waals surface area (Å²) in [7, 11) is 0. The number of aliphatic hydroxyl groups excluding tert-OH is 2. The van der Waals surface area contributed by atoms with Gasteiger partial charge in [-0.1, -0.05) is 12.1 Å². The highest BCUT2D eigenvalue weighted by molar-refractivity contribution is 5.83. The maximum absolute atomic E-state index is 13.1. The van der Waals surface area contributed by atoms with E-state index in [2.05, 4.69) is 0 Å². The van der Waals surface area contributed by atoms with Crippen molar-refractivity contribution in [1.82, 2.24) is 4.90 Å². The molecule has 2 aliphatic rings. The van der Waals surface area contributed by atoms with Gasteiger partial charge in [0.05, 0.1) is 31.3 Å². The Bertz CT molecular complexity index is 602. The fourth-order valence-corrected chi connectivity index (χ4v) is 3.63. The van der Waals surface area contributed by atoms with Gasteiger partial charge in [-0.2, -0.15) is 0 Å². The van der Waals surface area contributed by atoms with Crippen LogP contribution >= 0.6 is 0 Å². The Balaban J connectivity index is 1.79. The van der Waals surface area contributed by atoms with Gasteiger partial charge in [-0.15, -0.1) is 0 Å². The third-order valence-electron chi connectivity index (χ3n) is 5.31. The molecule has 3 rings (SSSR count). The first-order valence-electron chi connectivity index (χ1n) is 8.29. The lowest BCUT2D eigenvalue weighted by molar-refractivity contribution is -0.176. The molecular formula is C18H24FNO4. The standard InChI is InChI=1S/C18H24FNO4/c1-17(11-24-12-17)16(23)20-7-6-15(22)18(9-20,10-21)8-13-2-4-14(19)5-3-13/h2-5,15,21-22H,6-12H2,1H3/t15-,18-/m0/s1. The molecule has 0 unspecified atom stereocenters. The molecule has 1 amide bonds. The third-order valence-corrected chi connectivity index (χ3v) is 5.31. The zero-order chi connectivity index (χ0) is 17.4. The fourth-order valence-electron chi connectivity index (χ4n) is 3.63.